The third kappa shape index (κ3) is 4.10. The van der Waals surface area contributed by atoms with Crippen molar-refractivity contribution in [3.05, 3.63) is 46.7 Å². The summed E-state index contributed by atoms with van der Waals surface area (Å²) < 4.78 is 24.8. The van der Waals surface area contributed by atoms with Gasteiger partial charge < -0.3 is 19.7 Å². The average molecular weight is 392 g/mol. The lowest BCUT2D eigenvalue weighted by Crippen LogP contribution is -2.55. The average Bonchev–Trinajstić information content (AvgIpc) is 3.13. The van der Waals surface area contributed by atoms with Gasteiger partial charge in [0.05, 0.1) is 6.20 Å². The van der Waals surface area contributed by atoms with Gasteiger partial charge in [-0.05, 0) is 17.7 Å². The highest BCUT2D eigenvalue weighted by atomic mass is 19.1. The van der Waals surface area contributed by atoms with Crippen molar-refractivity contribution in [3.8, 4) is 11.3 Å². The molecule has 1 saturated heterocycles. The van der Waals surface area contributed by atoms with Crippen molar-refractivity contribution >= 4 is 5.97 Å². The summed E-state index contributed by atoms with van der Waals surface area (Å²) >= 11 is 0. The zero-order chi connectivity index (χ0) is 20.3. The largest absolute Gasteiger partial charge is 0.463 e. The topological polar surface area (TPSA) is 155 Å². The molecule has 0 bridgehead atoms. The van der Waals surface area contributed by atoms with Gasteiger partial charge in [-0.2, -0.15) is 0 Å². The summed E-state index contributed by atoms with van der Waals surface area (Å²) in [4.78, 5) is 13.7. The summed E-state index contributed by atoms with van der Waals surface area (Å²) in [7, 11) is 0. The fourth-order valence-corrected chi connectivity index (χ4v) is 2.93. The maximum atomic E-state index is 13.4. The Labute approximate surface area is 157 Å². The highest BCUT2D eigenvalue weighted by Crippen LogP contribution is 2.31. The number of aliphatic hydroxyl groups is 2. The Morgan fingerprint density at radius 1 is 1.46 bits per heavy atom. The van der Waals surface area contributed by atoms with Gasteiger partial charge in [-0.25, -0.2) is 9.07 Å². The van der Waals surface area contributed by atoms with E-state index < -0.39 is 42.4 Å². The predicted molar refractivity (Wildman–Crippen MR) is 90.9 cm³/mol. The fraction of sp³-hybridized carbons (Fsp3) is 0.438. The molecular formula is C16H17FN6O5. The van der Waals surface area contributed by atoms with Gasteiger partial charge in [0, 0.05) is 17.4 Å². The molecule has 2 N–H and O–H groups in total. The van der Waals surface area contributed by atoms with E-state index in [2.05, 4.69) is 20.3 Å². The number of aliphatic hydroxyl groups excluding tert-OH is 2. The van der Waals surface area contributed by atoms with Gasteiger partial charge in [-0.15, -0.1) is 5.10 Å². The minimum Gasteiger partial charge on any atom is -0.463 e. The number of ether oxygens (including phenoxy) is 2. The van der Waals surface area contributed by atoms with Crippen LogP contribution in [0.1, 0.15) is 13.0 Å². The molecular weight excluding hydrogens is 375 g/mol. The number of aromatic nitrogens is 3. The second kappa shape index (κ2) is 8.31. The summed E-state index contributed by atoms with van der Waals surface area (Å²) in [5, 5.41) is 32.3. The van der Waals surface area contributed by atoms with Crippen LogP contribution >= 0.6 is 0 Å². The molecule has 1 aliphatic rings. The maximum absolute atomic E-state index is 13.4. The first-order chi connectivity index (χ1) is 13.4. The van der Waals surface area contributed by atoms with Crippen molar-refractivity contribution in [2.24, 2.45) is 5.11 Å². The fourth-order valence-electron chi connectivity index (χ4n) is 2.93. The van der Waals surface area contributed by atoms with E-state index in [-0.39, 0.29) is 6.61 Å². The molecule has 0 saturated carbocycles. The van der Waals surface area contributed by atoms with Crippen LogP contribution in [0.2, 0.25) is 0 Å². The number of hydrogen-bond acceptors (Lipinski definition) is 8. The van der Waals surface area contributed by atoms with Crippen molar-refractivity contribution in [3.63, 3.8) is 0 Å². The van der Waals surface area contributed by atoms with E-state index in [1.807, 2.05) is 0 Å². The lowest BCUT2D eigenvalue weighted by Gasteiger charge is -2.40. The van der Waals surface area contributed by atoms with E-state index in [4.69, 9.17) is 15.0 Å². The SMILES string of the molecule is CC(=O)OC[C@H]1O[C@@H](N=[N+]=[N-])[C@H](O)[C@@H](n2cc(-c3cccc(F)c3)nn2)[C@H]1O. The summed E-state index contributed by atoms with van der Waals surface area (Å²) in [6.45, 7) is 0.873. The second-order valence-corrected chi connectivity index (χ2v) is 6.14. The van der Waals surface area contributed by atoms with Crippen molar-refractivity contribution in [1.82, 2.24) is 15.0 Å². The van der Waals surface area contributed by atoms with Gasteiger partial charge in [0.2, 0.25) is 0 Å². The van der Waals surface area contributed by atoms with Crippen LogP contribution in [0.3, 0.4) is 0 Å². The number of azide groups is 1. The van der Waals surface area contributed by atoms with E-state index in [0.717, 1.165) is 0 Å². The van der Waals surface area contributed by atoms with Crippen LogP contribution in [0, 0.1) is 5.82 Å². The van der Waals surface area contributed by atoms with Gasteiger partial charge in [-0.3, -0.25) is 4.79 Å². The zero-order valence-electron chi connectivity index (χ0n) is 14.7. The molecule has 5 atom stereocenters. The summed E-state index contributed by atoms with van der Waals surface area (Å²) in [5.74, 6) is -1.05. The molecule has 2 heterocycles. The molecule has 1 fully saturated rings. The third-order valence-corrected chi connectivity index (χ3v) is 4.24. The van der Waals surface area contributed by atoms with Crippen molar-refractivity contribution in [2.75, 3.05) is 6.61 Å². The first-order valence-electron chi connectivity index (χ1n) is 8.27. The molecule has 0 amide bonds. The maximum Gasteiger partial charge on any atom is 0.302 e. The van der Waals surface area contributed by atoms with Gasteiger partial charge in [0.25, 0.3) is 0 Å². The van der Waals surface area contributed by atoms with E-state index >= 15 is 0 Å². The van der Waals surface area contributed by atoms with E-state index in [1.165, 1.54) is 36.0 Å². The van der Waals surface area contributed by atoms with Crippen LogP contribution in [0.4, 0.5) is 4.39 Å². The minimum absolute atomic E-state index is 0.308. The number of nitrogens with zero attached hydrogens (tertiary/aromatic N) is 6. The van der Waals surface area contributed by atoms with Crippen LogP contribution in [-0.2, 0) is 14.3 Å². The van der Waals surface area contributed by atoms with Crippen LogP contribution in [0.15, 0.2) is 35.6 Å². The predicted octanol–water partition coefficient (Wildman–Crippen LogP) is 0.945. The number of rotatable bonds is 5. The van der Waals surface area contributed by atoms with Crippen LogP contribution < -0.4 is 0 Å². The zero-order valence-corrected chi connectivity index (χ0v) is 14.7. The molecule has 2 aromatic rings. The summed E-state index contributed by atoms with van der Waals surface area (Å²) in [6, 6.07) is 4.57. The molecule has 148 valence electrons. The molecule has 11 nitrogen and oxygen atoms in total. The van der Waals surface area contributed by atoms with Crippen LogP contribution in [0.25, 0.3) is 21.7 Å². The van der Waals surface area contributed by atoms with Crippen molar-refractivity contribution < 1.29 is 28.9 Å². The smallest absolute Gasteiger partial charge is 0.302 e. The second-order valence-electron chi connectivity index (χ2n) is 6.14. The Morgan fingerprint density at radius 2 is 2.25 bits per heavy atom. The van der Waals surface area contributed by atoms with Crippen LogP contribution in [0.5, 0.6) is 0 Å². The number of esters is 1. The number of hydrogen-bond donors (Lipinski definition) is 2. The minimum atomic E-state index is -1.46. The number of halogens is 1. The molecule has 1 aromatic heterocycles. The first-order valence-corrected chi connectivity index (χ1v) is 8.27. The Balaban J connectivity index is 1.91. The number of benzene rings is 1. The van der Waals surface area contributed by atoms with E-state index in [9.17, 15) is 19.4 Å². The Hall–Kier alpha value is -3.05. The molecule has 0 aliphatic carbocycles. The lowest BCUT2D eigenvalue weighted by molar-refractivity contribution is -0.208. The van der Waals surface area contributed by atoms with Gasteiger partial charge in [0.15, 0.2) is 6.23 Å². The van der Waals surface area contributed by atoms with E-state index in [0.29, 0.717) is 11.3 Å². The number of carbonyl (C=O) groups is 1. The van der Waals surface area contributed by atoms with Crippen molar-refractivity contribution in [2.45, 2.75) is 37.5 Å². The Morgan fingerprint density at radius 3 is 2.93 bits per heavy atom. The summed E-state index contributed by atoms with van der Waals surface area (Å²) in [6.07, 6.45) is -3.83. The van der Waals surface area contributed by atoms with Gasteiger partial charge in [-0.1, -0.05) is 22.5 Å². The van der Waals surface area contributed by atoms with Crippen molar-refractivity contribution in [1.29, 1.82) is 0 Å². The number of carbonyl (C=O) groups excluding carboxylic acids is 1. The quantitative estimate of drug-likeness (QED) is 0.332. The molecule has 3 rings (SSSR count). The highest BCUT2D eigenvalue weighted by Gasteiger charge is 2.46. The van der Waals surface area contributed by atoms with Crippen LogP contribution in [-0.4, -0.2) is 62.3 Å². The first kappa shape index (κ1) is 19.7. The molecule has 1 aromatic carbocycles. The van der Waals surface area contributed by atoms with Gasteiger partial charge >= 0.3 is 5.97 Å². The van der Waals surface area contributed by atoms with E-state index in [1.54, 1.807) is 6.07 Å². The molecule has 0 spiro atoms. The summed E-state index contributed by atoms with van der Waals surface area (Å²) in [5.41, 5.74) is 9.45. The molecule has 0 unspecified atom stereocenters. The standard InChI is InChI=1S/C16H17FN6O5/c1-8(24)27-7-12-14(25)13(15(26)16(28-12)20-21-18)23-6-11(19-22-23)9-3-2-4-10(17)5-9/h2-6,12-16,25-26H,7H2,1H3/t12-,13+,14+,15-,16-/m1/s1. The molecule has 0 radical (unpaired) electrons. The van der Waals surface area contributed by atoms with Gasteiger partial charge in [0.1, 0.15) is 42.5 Å². The molecule has 28 heavy (non-hydrogen) atoms. The Kier molecular flexibility index (Phi) is 5.85. The molecule has 1 aliphatic heterocycles. The monoisotopic (exact) mass is 392 g/mol. The lowest BCUT2D eigenvalue weighted by atomic mass is 9.95. The highest BCUT2D eigenvalue weighted by molar-refractivity contribution is 5.65. The Bertz CT molecular complexity index is 901. The normalized spacial score (nSPS) is 27.1. The third-order valence-electron chi connectivity index (χ3n) is 4.24. The molecule has 12 heteroatoms.